The maximum Gasteiger partial charge on any atom is 0.247 e. The minimum absolute atomic E-state index is 0.504. The number of hydrogen-bond acceptors (Lipinski definition) is 8. The fourth-order valence-electron chi connectivity index (χ4n) is 4.64. The van der Waals surface area contributed by atoms with E-state index in [1.54, 1.807) is 10.7 Å². The van der Waals surface area contributed by atoms with Crippen LogP contribution in [0.25, 0.3) is 5.65 Å². The summed E-state index contributed by atoms with van der Waals surface area (Å²) in [5.41, 5.74) is 0.710. The Hall–Kier alpha value is -2.91. The Labute approximate surface area is 188 Å². The summed E-state index contributed by atoms with van der Waals surface area (Å²) in [4.78, 5) is 11.5. The van der Waals surface area contributed by atoms with Crippen molar-refractivity contribution in [1.29, 1.82) is 0 Å². The van der Waals surface area contributed by atoms with Crippen molar-refractivity contribution < 1.29 is 5.11 Å². The van der Waals surface area contributed by atoms with Gasteiger partial charge in [0.2, 0.25) is 5.95 Å². The van der Waals surface area contributed by atoms with Crippen LogP contribution in [-0.2, 0) is 0 Å². The molecule has 1 saturated carbocycles. The first-order valence-corrected chi connectivity index (χ1v) is 11.7. The molecular weight excluding hydrogens is 404 g/mol. The van der Waals surface area contributed by atoms with E-state index >= 15 is 0 Å². The lowest BCUT2D eigenvalue weighted by molar-refractivity contribution is 0.0311. The molecule has 0 spiro atoms. The molecule has 4 N–H and O–H groups in total. The molecule has 0 atom stereocenters. The molecule has 0 amide bonds. The smallest absolute Gasteiger partial charge is 0.247 e. The molecule has 5 rings (SSSR count). The summed E-state index contributed by atoms with van der Waals surface area (Å²) in [6.07, 6.45) is 9.11. The second kappa shape index (κ2) is 9.30. The Kier molecular flexibility index (Phi) is 6.09. The van der Waals surface area contributed by atoms with E-state index in [0.29, 0.717) is 5.95 Å². The third kappa shape index (κ3) is 4.94. The summed E-state index contributed by atoms with van der Waals surface area (Å²) in [5, 5.41) is 25.5. The van der Waals surface area contributed by atoms with Crippen molar-refractivity contribution in [2.24, 2.45) is 0 Å². The van der Waals surface area contributed by atoms with Gasteiger partial charge < -0.3 is 26.0 Å². The van der Waals surface area contributed by atoms with Gasteiger partial charge >= 0.3 is 0 Å². The molecule has 1 aliphatic carbocycles. The molecule has 9 nitrogen and oxygen atoms in total. The largest absolute Gasteiger partial charge is 0.371 e. The van der Waals surface area contributed by atoms with Gasteiger partial charge in [0.25, 0.3) is 0 Å². The predicted molar refractivity (Wildman–Crippen MR) is 126 cm³/mol. The highest BCUT2D eigenvalue weighted by Crippen LogP contribution is 2.29. The van der Waals surface area contributed by atoms with Crippen molar-refractivity contribution >= 4 is 28.9 Å². The average molecular weight is 437 g/mol. The zero-order valence-electron chi connectivity index (χ0n) is 18.4. The number of hydrogen-bond donors (Lipinski definition) is 4. The lowest BCUT2D eigenvalue weighted by Gasteiger charge is -2.33. The highest BCUT2D eigenvalue weighted by Gasteiger charge is 2.29. The molecule has 170 valence electrons. The summed E-state index contributed by atoms with van der Waals surface area (Å²) in [6.45, 7) is 4.31. The second-order valence-corrected chi connectivity index (χ2v) is 8.86. The van der Waals surface area contributed by atoms with Gasteiger partial charge in [-0.2, -0.15) is 9.50 Å². The number of likely N-dealkylation sites (tertiary alicyclic amines) is 1. The molecule has 4 heterocycles. The van der Waals surface area contributed by atoms with Crippen LogP contribution in [0.5, 0.6) is 0 Å². The molecule has 2 fully saturated rings. The fourth-order valence-corrected chi connectivity index (χ4v) is 4.64. The van der Waals surface area contributed by atoms with Gasteiger partial charge in [0.15, 0.2) is 5.65 Å². The van der Waals surface area contributed by atoms with Gasteiger partial charge in [-0.15, -0.1) is 5.10 Å². The first-order chi connectivity index (χ1) is 15.7. The fraction of sp³-hybridized carbons (Fsp3) is 0.522. The van der Waals surface area contributed by atoms with Crippen molar-refractivity contribution in [3.63, 3.8) is 0 Å². The van der Waals surface area contributed by atoms with Gasteiger partial charge in [0.05, 0.1) is 0 Å². The van der Waals surface area contributed by atoms with Crippen molar-refractivity contribution in [2.45, 2.75) is 50.7 Å². The van der Waals surface area contributed by atoms with Crippen molar-refractivity contribution in [3.8, 4) is 0 Å². The lowest BCUT2D eigenvalue weighted by atomic mass is 9.92. The zero-order valence-corrected chi connectivity index (χ0v) is 18.4. The summed E-state index contributed by atoms with van der Waals surface area (Å²) in [5.74, 6) is 2.08. The van der Waals surface area contributed by atoms with E-state index in [2.05, 4.69) is 35.9 Å². The molecule has 0 bridgehead atoms. The summed E-state index contributed by atoms with van der Waals surface area (Å²) >= 11 is 0. The number of aromatic nitrogens is 4. The van der Waals surface area contributed by atoms with E-state index < -0.39 is 5.72 Å². The third-order valence-corrected chi connectivity index (χ3v) is 6.35. The molecule has 3 aromatic heterocycles. The molecule has 0 unspecified atom stereocenters. The summed E-state index contributed by atoms with van der Waals surface area (Å²) < 4.78 is 1.74. The van der Waals surface area contributed by atoms with Crippen LogP contribution in [-0.4, -0.2) is 61.5 Å². The van der Waals surface area contributed by atoms with Crippen LogP contribution in [0.2, 0.25) is 0 Å². The molecule has 0 aromatic carbocycles. The maximum atomic E-state index is 10.9. The number of fused-ring (bicyclic) bond motifs is 1. The summed E-state index contributed by atoms with van der Waals surface area (Å²) in [7, 11) is 0. The van der Waals surface area contributed by atoms with Gasteiger partial charge in [0, 0.05) is 31.0 Å². The first kappa shape index (κ1) is 21.0. The highest BCUT2D eigenvalue weighted by molar-refractivity contribution is 5.60. The molecule has 9 heteroatoms. The maximum absolute atomic E-state index is 10.9. The van der Waals surface area contributed by atoms with E-state index in [9.17, 15) is 5.11 Å². The van der Waals surface area contributed by atoms with Gasteiger partial charge in [-0.05, 0) is 69.8 Å². The van der Waals surface area contributed by atoms with Gasteiger partial charge in [-0.3, -0.25) is 0 Å². The van der Waals surface area contributed by atoms with Crippen molar-refractivity contribution in [1.82, 2.24) is 24.5 Å². The molecule has 3 aromatic rings. The van der Waals surface area contributed by atoms with E-state index in [0.717, 1.165) is 61.7 Å². The molecule has 2 aliphatic rings. The average Bonchev–Trinajstić information content (AvgIpc) is 3.44. The van der Waals surface area contributed by atoms with Crippen molar-refractivity contribution in [3.05, 3.63) is 36.5 Å². The third-order valence-electron chi connectivity index (χ3n) is 6.35. The molecule has 1 saturated heterocycles. The Bertz CT molecular complexity index is 1040. The molecule has 0 radical (unpaired) electrons. The zero-order chi connectivity index (χ0) is 21.8. The number of nitrogens with zero attached hydrogens (tertiary/aromatic N) is 5. The van der Waals surface area contributed by atoms with Crippen LogP contribution in [0, 0.1) is 0 Å². The second-order valence-electron chi connectivity index (χ2n) is 8.86. The summed E-state index contributed by atoms with van der Waals surface area (Å²) in [6, 6.07) is 9.64. The highest BCUT2D eigenvalue weighted by atomic mass is 16.3. The van der Waals surface area contributed by atoms with Crippen LogP contribution >= 0.6 is 0 Å². The number of pyridine rings is 2. The van der Waals surface area contributed by atoms with Gasteiger partial charge in [-0.1, -0.05) is 12.5 Å². The van der Waals surface area contributed by atoms with Gasteiger partial charge in [-0.25, -0.2) is 4.98 Å². The normalized spacial score (nSPS) is 18.7. The minimum atomic E-state index is -0.882. The Morgan fingerprint density at radius 2 is 1.88 bits per heavy atom. The number of nitrogens with one attached hydrogen (secondary N) is 3. The number of anilines is 4. The first-order valence-electron chi connectivity index (χ1n) is 11.7. The van der Waals surface area contributed by atoms with Crippen LogP contribution in [0.4, 0.5) is 23.3 Å². The van der Waals surface area contributed by atoms with Crippen LogP contribution < -0.4 is 16.0 Å². The number of rotatable bonds is 8. The molecule has 1 aliphatic heterocycles. The minimum Gasteiger partial charge on any atom is -0.371 e. The standard InChI is InChI=1S/C23H32N8O/c32-23(10-2-1-3-11-23)28-21-8-6-7-20-27-22(29-31(20)21)26-18-9-12-24-19(17-18)25-13-16-30-14-4-5-15-30/h6-9,12,17,28,32H,1-5,10-11,13-16H2,(H2,24,25,26,29). The Morgan fingerprint density at radius 3 is 2.72 bits per heavy atom. The monoisotopic (exact) mass is 436 g/mol. The predicted octanol–water partition coefficient (Wildman–Crippen LogP) is 3.44. The van der Waals surface area contributed by atoms with E-state index in [1.807, 2.05) is 30.3 Å². The van der Waals surface area contributed by atoms with Gasteiger partial charge in [0.1, 0.15) is 17.4 Å². The number of aliphatic hydroxyl groups is 1. The lowest BCUT2D eigenvalue weighted by Crippen LogP contribution is -2.40. The van der Waals surface area contributed by atoms with Crippen LogP contribution in [0.3, 0.4) is 0 Å². The molecular formula is C23H32N8O. The van der Waals surface area contributed by atoms with E-state index in [-0.39, 0.29) is 0 Å². The van der Waals surface area contributed by atoms with Crippen LogP contribution in [0.1, 0.15) is 44.9 Å². The Morgan fingerprint density at radius 1 is 1.03 bits per heavy atom. The van der Waals surface area contributed by atoms with E-state index in [4.69, 9.17) is 0 Å². The van der Waals surface area contributed by atoms with Crippen molar-refractivity contribution in [2.75, 3.05) is 42.1 Å². The topological polar surface area (TPSA) is 103 Å². The Balaban J connectivity index is 1.26. The quantitative estimate of drug-likeness (QED) is 0.398. The van der Waals surface area contributed by atoms with E-state index in [1.165, 1.54) is 32.4 Å². The molecule has 32 heavy (non-hydrogen) atoms. The van der Waals surface area contributed by atoms with Crippen LogP contribution in [0.15, 0.2) is 36.5 Å². The SMILES string of the molecule is OC1(Nc2cccc3nc(Nc4ccnc(NCCN5CCCC5)c4)nn23)CCCCC1.